The van der Waals surface area contributed by atoms with E-state index < -0.39 is 36.3 Å². The van der Waals surface area contributed by atoms with Crippen LogP contribution < -0.4 is 5.69 Å². The molecular weight excluding hydrogens is 228 g/mol. The van der Waals surface area contributed by atoms with Gasteiger partial charge in [0, 0.05) is 12.4 Å². The van der Waals surface area contributed by atoms with Crippen molar-refractivity contribution in [2.45, 2.75) is 31.0 Å². The molecule has 0 radical (unpaired) electrons. The van der Waals surface area contributed by atoms with Gasteiger partial charge in [0.15, 0.2) is 6.23 Å². The van der Waals surface area contributed by atoms with Gasteiger partial charge in [0.25, 0.3) is 0 Å². The fourth-order valence-electron chi connectivity index (χ4n) is 1.94. The first-order chi connectivity index (χ1) is 7.98. The molecular formula is C10H14N2O5. The monoisotopic (exact) mass is 242 g/mol. The van der Waals surface area contributed by atoms with Crippen LogP contribution in [0.25, 0.3) is 0 Å². The third kappa shape index (κ3) is 1.87. The van der Waals surface area contributed by atoms with Gasteiger partial charge in [-0.15, -0.1) is 0 Å². The van der Waals surface area contributed by atoms with Crippen molar-refractivity contribution < 1.29 is 20.1 Å². The molecule has 4 unspecified atom stereocenters. The molecule has 0 saturated carbocycles. The zero-order valence-corrected chi connectivity index (χ0v) is 9.22. The van der Waals surface area contributed by atoms with Gasteiger partial charge in [0.05, 0.1) is 6.61 Å². The molecule has 2 rings (SSSR count). The molecule has 2 heterocycles. The number of aliphatic hydroxyl groups is 3. The standard InChI is InChI=1S/C10H14N2O5/c1-10(16)7(14)6(5-13)17-8(10)12-4-2-3-11-9(12)15/h2-4,6-8,13-14,16H,5H2,1H3. The van der Waals surface area contributed by atoms with Gasteiger partial charge in [-0.1, -0.05) is 0 Å². The lowest BCUT2D eigenvalue weighted by Gasteiger charge is -2.27. The Morgan fingerprint density at radius 3 is 2.88 bits per heavy atom. The molecule has 94 valence electrons. The summed E-state index contributed by atoms with van der Waals surface area (Å²) in [6.45, 7) is 0.903. The molecule has 0 aliphatic carbocycles. The number of nitrogens with zero attached hydrogens (tertiary/aromatic N) is 2. The summed E-state index contributed by atoms with van der Waals surface area (Å²) in [5, 5.41) is 28.9. The van der Waals surface area contributed by atoms with Gasteiger partial charge in [-0.2, -0.15) is 0 Å². The molecule has 7 nitrogen and oxygen atoms in total. The summed E-state index contributed by atoms with van der Waals surface area (Å²) in [6, 6.07) is 1.51. The Labute approximate surface area is 96.9 Å². The lowest BCUT2D eigenvalue weighted by Crippen LogP contribution is -2.46. The van der Waals surface area contributed by atoms with Crippen LogP contribution in [-0.4, -0.2) is 49.3 Å². The van der Waals surface area contributed by atoms with Gasteiger partial charge in [0.1, 0.15) is 17.8 Å². The third-order valence-electron chi connectivity index (χ3n) is 2.93. The molecule has 0 aromatic carbocycles. The van der Waals surface area contributed by atoms with Crippen LogP contribution in [0.15, 0.2) is 23.3 Å². The van der Waals surface area contributed by atoms with Crippen LogP contribution in [0.3, 0.4) is 0 Å². The predicted octanol–water partition coefficient (Wildman–Crippen LogP) is -1.76. The lowest BCUT2D eigenvalue weighted by molar-refractivity contribution is -0.0987. The molecule has 1 aromatic rings. The third-order valence-corrected chi connectivity index (χ3v) is 2.93. The summed E-state index contributed by atoms with van der Waals surface area (Å²) in [4.78, 5) is 15.0. The van der Waals surface area contributed by atoms with Crippen LogP contribution in [0.2, 0.25) is 0 Å². The van der Waals surface area contributed by atoms with Crippen LogP contribution in [0.5, 0.6) is 0 Å². The van der Waals surface area contributed by atoms with Crippen molar-refractivity contribution in [3.63, 3.8) is 0 Å². The molecule has 1 aliphatic heterocycles. The van der Waals surface area contributed by atoms with E-state index in [0.29, 0.717) is 0 Å². The van der Waals surface area contributed by atoms with E-state index in [0.717, 1.165) is 4.57 Å². The van der Waals surface area contributed by atoms with Gasteiger partial charge in [-0.05, 0) is 13.0 Å². The Balaban J connectivity index is 2.41. The average Bonchev–Trinajstić information content (AvgIpc) is 2.52. The van der Waals surface area contributed by atoms with E-state index in [1.54, 1.807) is 0 Å². The highest BCUT2D eigenvalue weighted by Crippen LogP contribution is 2.36. The van der Waals surface area contributed by atoms with E-state index in [4.69, 9.17) is 9.84 Å². The Bertz CT molecular complexity index is 458. The molecule has 0 bridgehead atoms. The normalized spacial score (nSPS) is 37.3. The largest absolute Gasteiger partial charge is 0.394 e. The molecule has 17 heavy (non-hydrogen) atoms. The molecule has 1 fully saturated rings. The molecule has 7 heteroatoms. The Morgan fingerprint density at radius 2 is 2.35 bits per heavy atom. The highest BCUT2D eigenvalue weighted by atomic mass is 16.6. The van der Waals surface area contributed by atoms with Crippen molar-refractivity contribution >= 4 is 0 Å². The van der Waals surface area contributed by atoms with E-state index in [1.165, 1.54) is 25.4 Å². The summed E-state index contributed by atoms with van der Waals surface area (Å²) < 4.78 is 6.36. The second-order valence-corrected chi connectivity index (χ2v) is 4.19. The minimum atomic E-state index is -1.67. The van der Waals surface area contributed by atoms with E-state index in [2.05, 4.69) is 4.98 Å². The number of hydrogen-bond acceptors (Lipinski definition) is 6. The predicted molar refractivity (Wildman–Crippen MR) is 56.1 cm³/mol. The Hall–Kier alpha value is -1.28. The van der Waals surface area contributed by atoms with Crippen LogP contribution in [0.1, 0.15) is 13.2 Å². The quantitative estimate of drug-likeness (QED) is 0.567. The van der Waals surface area contributed by atoms with Gasteiger partial charge in [-0.25, -0.2) is 9.78 Å². The summed E-state index contributed by atoms with van der Waals surface area (Å²) in [5.74, 6) is 0. The fourth-order valence-corrected chi connectivity index (χ4v) is 1.94. The summed E-state index contributed by atoms with van der Waals surface area (Å²) in [7, 11) is 0. The van der Waals surface area contributed by atoms with E-state index >= 15 is 0 Å². The maximum Gasteiger partial charge on any atom is 0.349 e. The lowest BCUT2D eigenvalue weighted by atomic mass is 9.96. The van der Waals surface area contributed by atoms with Crippen molar-refractivity contribution in [2.24, 2.45) is 0 Å². The molecule has 1 aromatic heterocycles. The van der Waals surface area contributed by atoms with E-state index in [9.17, 15) is 15.0 Å². The van der Waals surface area contributed by atoms with Gasteiger partial charge in [-0.3, -0.25) is 4.57 Å². The molecule has 0 amide bonds. The highest BCUT2D eigenvalue weighted by Gasteiger charge is 2.53. The van der Waals surface area contributed by atoms with E-state index in [1.807, 2.05) is 0 Å². The van der Waals surface area contributed by atoms with Crippen molar-refractivity contribution in [3.05, 3.63) is 28.9 Å². The SMILES string of the molecule is CC1(O)C(O)C(CO)OC1n1cccnc1=O. The topological polar surface area (TPSA) is 105 Å². The molecule has 1 aliphatic rings. The van der Waals surface area contributed by atoms with Crippen LogP contribution in [-0.2, 0) is 4.74 Å². The molecule has 4 atom stereocenters. The van der Waals surface area contributed by atoms with Gasteiger partial charge >= 0.3 is 5.69 Å². The first-order valence-electron chi connectivity index (χ1n) is 5.18. The number of ether oxygens (including phenoxy) is 1. The number of aromatic nitrogens is 2. The van der Waals surface area contributed by atoms with Crippen LogP contribution in [0, 0.1) is 0 Å². The average molecular weight is 242 g/mol. The second kappa shape index (κ2) is 4.19. The van der Waals surface area contributed by atoms with Crippen molar-refractivity contribution in [2.75, 3.05) is 6.61 Å². The second-order valence-electron chi connectivity index (χ2n) is 4.19. The minimum absolute atomic E-state index is 0.442. The smallest absolute Gasteiger partial charge is 0.349 e. The van der Waals surface area contributed by atoms with E-state index in [-0.39, 0.29) is 0 Å². The van der Waals surface area contributed by atoms with Crippen LogP contribution >= 0.6 is 0 Å². The van der Waals surface area contributed by atoms with Gasteiger partial charge in [0.2, 0.25) is 0 Å². The van der Waals surface area contributed by atoms with Gasteiger partial charge < -0.3 is 20.1 Å². The fraction of sp³-hybridized carbons (Fsp3) is 0.600. The maximum absolute atomic E-state index is 11.5. The number of aliphatic hydroxyl groups excluding tert-OH is 2. The summed E-state index contributed by atoms with van der Waals surface area (Å²) in [6.07, 6.45) is -0.550. The number of hydrogen-bond donors (Lipinski definition) is 3. The zero-order chi connectivity index (χ0) is 12.6. The maximum atomic E-state index is 11.5. The van der Waals surface area contributed by atoms with Crippen molar-refractivity contribution in [1.82, 2.24) is 9.55 Å². The summed E-state index contributed by atoms with van der Waals surface area (Å²) in [5.41, 5.74) is -2.26. The molecule has 1 saturated heterocycles. The Kier molecular flexibility index (Phi) is 3.00. The minimum Gasteiger partial charge on any atom is -0.394 e. The van der Waals surface area contributed by atoms with Crippen LogP contribution in [0.4, 0.5) is 0 Å². The Morgan fingerprint density at radius 1 is 1.65 bits per heavy atom. The first kappa shape index (κ1) is 12.2. The molecule has 3 N–H and O–H groups in total. The number of rotatable bonds is 2. The first-order valence-corrected chi connectivity index (χ1v) is 5.18. The highest BCUT2D eigenvalue weighted by molar-refractivity contribution is 5.00. The molecule has 0 spiro atoms. The zero-order valence-electron chi connectivity index (χ0n) is 9.22. The summed E-state index contributed by atoms with van der Waals surface area (Å²) >= 11 is 0. The van der Waals surface area contributed by atoms with Crippen molar-refractivity contribution in [1.29, 1.82) is 0 Å². The van der Waals surface area contributed by atoms with Crippen molar-refractivity contribution in [3.8, 4) is 0 Å².